The summed E-state index contributed by atoms with van der Waals surface area (Å²) in [5.74, 6) is -0.0436. The number of nitrogens with zero attached hydrogens (tertiary/aromatic N) is 1. The van der Waals surface area contributed by atoms with Gasteiger partial charge in [0.1, 0.15) is 11.6 Å². The van der Waals surface area contributed by atoms with Gasteiger partial charge in [-0.1, -0.05) is 12.1 Å². The molecule has 0 radical (unpaired) electrons. The number of carbonyl (C=O) groups is 2. The fraction of sp³-hybridized carbons (Fsp3) is 0.0625. The highest BCUT2D eigenvalue weighted by atomic mass is 19.1. The molecule has 2 heterocycles. The van der Waals surface area contributed by atoms with E-state index in [0.717, 1.165) is 0 Å². The molecule has 0 aliphatic carbocycles. The van der Waals surface area contributed by atoms with Crippen LogP contribution in [0.1, 0.15) is 5.56 Å². The summed E-state index contributed by atoms with van der Waals surface area (Å²) in [6, 6.07) is 8.92. The first-order valence-corrected chi connectivity index (χ1v) is 6.78. The molecule has 0 bridgehead atoms. The number of carbonyl (C=O) groups excluding carboxylic acids is 2. The summed E-state index contributed by atoms with van der Waals surface area (Å²) in [4.78, 5) is 27.2. The molecule has 0 spiro atoms. The lowest BCUT2D eigenvalue weighted by Crippen LogP contribution is -2.26. The number of hydrogen-bond acceptors (Lipinski definition) is 4. The highest BCUT2D eigenvalue weighted by Crippen LogP contribution is 2.26. The first-order valence-electron chi connectivity index (χ1n) is 6.78. The smallest absolute Gasteiger partial charge is 0.263 e. The Hall–Kier alpha value is -3.22. The molecule has 116 valence electrons. The van der Waals surface area contributed by atoms with Crippen molar-refractivity contribution in [1.29, 1.82) is 0 Å². The molecular weight excluding hydrogens is 301 g/mol. The van der Waals surface area contributed by atoms with Crippen LogP contribution in [-0.2, 0) is 9.59 Å². The molecule has 6 nitrogen and oxygen atoms in total. The monoisotopic (exact) mass is 313 g/mol. The maximum Gasteiger partial charge on any atom is 0.263 e. The Morgan fingerprint density at radius 3 is 2.83 bits per heavy atom. The topological polar surface area (TPSA) is 80.3 Å². The number of ether oxygens (including phenoxy) is 1. The van der Waals surface area contributed by atoms with Gasteiger partial charge < -0.3 is 15.4 Å². The average Bonchev–Trinajstić information content (AvgIpc) is 2.54. The van der Waals surface area contributed by atoms with Crippen LogP contribution < -0.4 is 15.4 Å². The second kappa shape index (κ2) is 6.27. The average molecular weight is 313 g/mol. The van der Waals surface area contributed by atoms with Crippen LogP contribution in [0.25, 0.3) is 6.08 Å². The first-order chi connectivity index (χ1) is 11.1. The zero-order chi connectivity index (χ0) is 16.2. The van der Waals surface area contributed by atoms with Crippen molar-refractivity contribution in [2.24, 2.45) is 0 Å². The second-order valence-corrected chi connectivity index (χ2v) is 4.75. The van der Waals surface area contributed by atoms with E-state index in [9.17, 15) is 14.0 Å². The van der Waals surface area contributed by atoms with Gasteiger partial charge in [-0.15, -0.1) is 0 Å². The van der Waals surface area contributed by atoms with Gasteiger partial charge in [-0.25, -0.2) is 9.37 Å². The lowest BCUT2D eigenvalue weighted by Gasteiger charge is -2.17. The largest absolute Gasteiger partial charge is 0.480 e. The predicted molar refractivity (Wildman–Crippen MR) is 82.4 cm³/mol. The van der Waals surface area contributed by atoms with E-state index in [2.05, 4.69) is 15.6 Å². The van der Waals surface area contributed by atoms with Crippen molar-refractivity contribution >= 4 is 29.5 Å². The van der Waals surface area contributed by atoms with E-state index in [0.29, 0.717) is 11.3 Å². The number of nitrogens with one attached hydrogen (secondary N) is 2. The van der Waals surface area contributed by atoms with Crippen LogP contribution in [0, 0.1) is 5.82 Å². The zero-order valence-corrected chi connectivity index (χ0v) is 11.9. The van der Waals surface area contributed by atoms with Gasteiger partial charge in [0.05, 0.1) is 0 Å². The summed E-state index contributed by atoms with van der Waals surface area (Å²) in [5.41, 5.74) is 0.695. The molecule has 7 heteroatoms. The number of fused-ring (bicyclic) bond motifs is 1. The summed E-state index contributed by atoms with van der Waals surface area (Å²) in [6.07, 6.45) is 2.86. The fourth-order valence-electron chi connectivity index (χ4n) is 1.95. The highest BCUT2D eigenvalue weighted by Gasteiger charge is 2.17. The van der Waals surface area contributed by atoms with Gasteiger partial charge >= 0.3 is 0 Å². The van der Waals surface area contributed by atoms with E-state index < -0.39 is 5.91 Å². The molecule has 1 aromatic heterocycles. The van der Waals surface area contributed by atoms with E-state index in [1.165, 1.54) is 18.2 Å². The molecule has 1 aliphatic heterocycles. The van der Waals surface area contributed by atoms with Crippen LogP contribution in [-0.4, -0.2) is 23.4 Å². The molecule has 2 aromatic rings. The van der Waals surface area contributed by atoms with Crippen molar-refractivity contribution in [2.75, 3.05) is 17.2 Å². The van der Waals surface area contributed by atoms with Gasteiger partial charge in [0.25, 0.3) is 5.91 Å². The Kier molecular flexibility index (Phi) is 4.01. The third-order valence-corrected chi connectivity index (χ3v) is 3.02. The van der Waals surface area contributed by atoms with Gasteiger partial charge in [-0.3, -0.25) is 9.59 Å². The van der Waals surface area contributed by atoms with E-state index in [-0.39, 0.29) is 30.0 Å². The maximum absolute atomic E-state index is 12.8. The van der Waals surface area contributed by atoms with E-state index in [4.69, 9.17) is 4.74 Å². The SMILES string of the molecule is O=C(/C=C/c1ccc(F)cc1)Nc1ccc2c(n1)NC(=O)CO2. The van der Waals surface area contributed by atoms with Gasteiger partial charge in [-0.2, -0.15) is 0 Å². The Balaban J connectivity index is 1.67. The Morgan fingerprint density at radius 2 is 2.04 bits per heavy atom. The maximum atomic E-state index is 12.8. The number of rotatable bonds is 3. The summed E-state index contributed by atoms with van der Waals surface area (Å²) in [5, 5.41) is 5.13. The predicted octanol–water partition coefficient (Wildman–Crippen LogP) is 2.20. The first kappa shape index (κ1) is 14.7. The van der Waals surface area contributed by atoms with Crippen LogP contribution in [0.2, 0.25) is 0 Å². The number of hydrogen-bond donors (Lipinski definition) is 2. The number of halogens is 1. The molecule has 0 saturated heterocycles. The van der Waals surface area contributed by atoms with Gasteiger partial charge in [-0.05, 0) is 35.9 Å². The van der Waals surface area contributed by atoms with Crippen LogP contribution in [0.15, 0.2) is 42.5 Å². The van der Waals surface area contributed by atoms with Crippen molar-refractivity contribution in [2.45, 2.75) is 0 Å². The lowest BCUT2D eigenvalue weighted by molar-refractivity contribution is -0.118. The number of amides is 2. The molecule has 1 aliphatic rings. The lowest BCUT2D eigenvalue weighted by atomic mass is 10.2. The summed E-state index contributed by atoms with van der Waals surface area (Å²) in [7, 11) is 0. The van der Waals surface area contributed by atoms with Crippen molar-refractivity contribution in [1.82, 2.24) is 4.98 Å². The van der Waals surface area contributed by atoms with E-state index >= 15 is 0 Å². The molecule has 0 saturated carbocycles. The van der Waals surface area contributed by atoms with Crippen LogP contribution >= 0.6 is 0 Å². The minimum atomic E-state index is -0.398. The Labute approximate surface area is 131 Å². The van der Waals surface area contributed by atoms with Crippen LogP contribution in [0.4, 0.5) is 16.0 Å². The number of pyridine rings is 1. The summed E-state index contributed by atoms with van der Waals surface area (Å²) in [6.45, 7) is -0.0548. The third-order valence-electron chi connectivity index (χ3n) is 3.02. The van der Waals surface area contributed by atoms with Crippen molar-refractivity contribution < 1.29 is 18.7 Å². The minimum Gasteiger partial charge on any atom is -0.480 e. The number of aromatic nitrogens is 1. The molecule has 3 rings (SSSR count). The normalized spacial score (nSPS) is 13.2. The molecule has 0 atom stereocenters. The van der Waals surface area contributed by atoms with E-state index in [1.807, 2.05) is 0 Å². The molecule has 0 unspecified atom stereocenters. The molecular formula is C16H12FN3O3. The van der Waals surface area contributed by atoms with E-state index in [1.54, 1.807) is 30.3 Å². The zero-order valence-electron chi connectivity index (χ0n) is 11.9. The fourth-order valence-corrected chi connectivity index (χ4v) is 1.95. The Morgan fingerprint density at radius 1 is 1.26 bits per heavy atom. The number of benzene rings is 1. The van der Waals surface area contributed by atoms with Gasteiger partial charge in [0, 0.05) is 6.08 Å². The molecule has 23 heavy (non-hydrogen) atoms. The quantitative estimate of drug-likeness (QED) is 0.851. The highest BCUT2D eigenvalue weighted by molar-refractivity contribution is 6.02. The standard InChI is InChI=1S/C16H12FN3O3/c17-11-4-1-10(2-5-11)3-8-14(21)18-13-7-6-12-16(19-13)20-15(22)9-23-12/h1-8H,9H2,(H2,18,19,20,21,22)/b8-3+. The van der Waals surface area contributed by atoms with Gasteiger partial charge in [0.15, 0.2) is 18.2 Å². The van der Waals surface area contributed by atoms with Crippen LogP contribution in [0.3, 0.4) is 0 Å². The minimum absolute atomic E-state index is 0.0548. The summed E-state index contributed by atoms with van der Waals surface area (Å²) < 4.78 is 18.0. The van der Waals surface area contributed by atoms with Crippen LogP contribution in [0.5, 0.6) is 5.75 Å². The number of anilines is 2. The molecule has 0 fully saturated rings. The van der Waals surface area contributed by atoms with Crippen molar-refractivity contribution in [3.63, 3.8) is 0 Å². The van der Waals surface area contributed by atoms with Crippen molar-refractivity contribution in [3.05, 3.63) is 53.9 Å². The second-order valence-electron chi connectivity index (χ2n) is 4.75. The molecule has 1 aromatic carbocycles. The Bertz CT molecular complexity index is 788. The molecule has 2 N–H and O–H groups in total. The van der Waals surface area contributed by atoms with Crippen molar-refractivity contribution in [3.8, 4) is 5.75 Å². The third kappa shape index (κ3) is 3.70. The molecule has 2 amide bonds. The summed E-state index contributed by atoms with van der Waals surface area (Å²) >= 11 is 0. The van der Waals surface area contributed by atoms with Gasteiger partial charge in [0.2, 0.25) is 5.91 Å².